The van der Waals surface area contributed by atoms with Crippen molar-refractivity contribution >= 4 is 11.7 Å². The Hall–Kier alpha value is -1.59. The number of likely N-dealkylation sites (N-methyl/N-ethyl adjacent to an activating group) is 1. The number of rotatable bonds is 4. The Morgan fingerprint density at radius 3 is 2.75 bits per heavy atom. The number of aromatic carboxylic acids is 1. The lowest BCUT2D eigenvalue weighted by molar-refractivity contribution is 0.0697. The third-order valence-corrected chi connectivity index (χ3v) is 3.66. The average molecular weight is 278 g/mol. The van der Waals surface area contributed by atoms with Crippen LogP contribution in [-0.2, 0) is 0 Å². The minimum Gasteiger partial charge on any atom is -0.478 e. The Morgan fingerprint density at radius 1 is 1.45 bits per heavy atom. The maximum absolute atomic E-state index is 11.4. The number of aliphatic hydroxyl groups excluding tert-OH is 1. The topological polar surface area (TPSA) is 64.0 Å². The van der Waals surface area contributed by atoms with Gasteiger partial charge in [0, 0.05) is 19.1 Å². The van der Waals surface area contributed by atoms with Crippen LogP contribution in [0.2, 0.25) is 0 Å². The molecule has 1 aliphatic rings. The zero-order valence-corrected chi connectivity index (χ0v) is 12.2. The van der Waals surface area contributed by atoms with Crippen LogP contribution in [0.4, 0.5) is 5.69 Å². The van der Waals surface area contributed by atoms with Gasteiger partial charge in [0.2, 0.25) is 0 Å². The number of carboxylic acid groups (broad SMARTS) is 1. The molecular formula is C15H22N2O3. The number of aliphatic hydroxyl groups is 1. The van der Waals surface area contributed by atoms with Crippen molar-refractivity contribution in [2.24, 2.45) is 0 Å². The molecule has 1 heterocycles. The minimum atomic E-state index is -0.926. The fraction of sp³-hybridized carbons (Fsp3) is 0.533. The second-order valence-corrected chi connectivity index (χ2v) is 5.78. The summed E-state index contributed by atoms with van der Waals surface area (Å²) >= 11 is 0. The molecule has 1 fully saturated rings. The van der Waals surface area contributed by atoms with Crippen molar-refractivity contribution in [2.75, 3.05) is 32.1 Å². The van der Waals surface area contributed by atoms with Crippen LogP contribution in [0, 0.1) is 6.92 Å². The summed E-state index contributed by atoms with van der Waals surface area (Å²) in [5.41, 5.74) is 2.03. The van der Waals surface area contributed by atoms with Crippen LogP contribution in [0.25, 0.3) is 0 Å². The number of hydrogen-bond acceptors (Lipinski definition) is 4. The van der Waals surface area contributed by atoms with Gasteiger partial charge in [0.15, 0.2) is 0 Å². The predicted octanol–water partition coefficient (Wildman–Crippen LogP) is 1.19. The van der Waals surface area contributed by atoms with E-state index in [4.69, 9.17) is 0 Å². The fourth-order valence-electron chi connectivity index (χ4n) is 2.84. The minimum absolute atomic E-state index is 0.139. The van der Waals surface area contributed by atoms with Crippen molar-refractivity contribution in [3.05, 3.63) is 29.3 Å². The van der Waals surface area contributed by atoms with Crippen molar-refractivity contribution < 1.29 is 15.0 Å². The van der Waals surface area contributed by atoms with Gasteiger partial charge < -0.3 is 20.0 Å². The average Bonchev–Trinajstić information content (AvgIpc) is 2.68. The molecule has 5 heteroatoms. The summed E-state index contributed by atoms with van der Waals surface area (Å²) in [5, 5.41) is 19.3. The van der Waals surface area contributed by atoms with Crippen molar-refractivity contribution in [1.29, 1.82) is 0 Å². The summed E-state index contributed by atoms with van der Waals surface area (Å²) in [7, 11) is 3.97. The highest BCUT2D eigenvalue weighted by Gasteiger charge is 2.33. The van der Waals surface area contributed by atoms with Gasteiger partial charge in [-0.25, -0.2) is 4.79 Å². The summed E-state index contributed by atoms with van der Waals surface area (Å²) < 4.78 is 0. The monoisotopic (exact) mass is 278 g/mol. The molecule has 20 heavy (non-hydrogen) atoms. The molecule has 0 radical (unpaired) electrons. The summed E-state index contributed by atoms with van der Waals surface area (Å²) in [5.74, 6) is -0.926. The number of aryl methyl sites for hydroxylation is 1. The molecule has 2 rings (SSSR count). The van der Waals surface area contributed by atoms with E-state index in [0.29, 0.717) is 24.2 Å². The van der Waals surface area contributed by atoms with Crippen LogP contribution < -0.4 is 4.90 Å². The quantitative estimate of drug-likeness (QED) is 0.866. The van der Waals surface area contributed by atoms with Gasteiger partial charge in [-0.3, -0.25) is 0 Å². The maximum atomic E-state index is 11.4. The van der Waals surface area contributed by atoms with Crippen molar-refractivity contribution in [1.82, 2.24) is 4.90 Å². The van der Waals surface area contributed by atoms with Crippen molar-refractivity contribution in [3.8, 4) is 0 Å². The number of β-amino-alcohol motifs (C(OH)–C–C–N with tert-alkyl or cyclic N) is 1. The summed E-state index contributed by atoms with van der Waals surface area (Å²) in [6, 6.07) is 5.48. The van der Waals surface area contributed by atoms with Gasteiger partial charge in [0.05, 0.1) is 17.4 Å². The number of hydrogen-bond donors (Lipinski definition) is 2. The molecule has 2 N–H and O–H groups in total. The zero-order chi connectivity index (χ0) is 14.9. The Morgan fingerprint density at radius 2 is 2.15 bits per heavy atom. The van der Waals surface area contributed by atoms with Crippen LogP contribution in [0.5, 0.6) is 0 Å². The molecule has 1 aromatic carbocycles. The van der Waals surface area contributed by atoms with Gasteiger partial charge in [-0.05, 0) is 45.1 Å². The number of nitrogens with zero attached hydrogens (tertiary/aromatic N) is 2. The largest absolute Gasteiger partial charge is 0.478 e. The van der Waals surface area contributed by atoms with Crippen LogP contribution in [0.3, 0.4) is 0 Å². The molecule has 1 saturated heterocycles. The van der Waals surface area contributed by atoms with Gasteiger partial charge in [0.25, 0.3) is 0 Å². The van der Waals surface area contributed by atoms with Crippen LogP contribution in [0.1, 0.15) is 22.3 Å². The Labute approximate surface area is 119 Å². The van der Waals surface area contributed by atoms with E-state index in [-0.39, 0.29) is 6.04 Å². The van der Waals surface area contributed by atoms with Crippen molar-refractivity contribution in [2.45, 2.75) is 25.5 Å². The predicted molar refractivity (Wildman–Crippen MR) is 78.5 cm³/mol. The third-order valence-electron chi connectivity index (χ3n) is 3.66. The third kappa shape index (κ3) is 3.11. The van der Waals surface area contributed by atoms with E-state index in [9.17, 15) is 15.0 Å². The van der Waals surface area contributed by atoms with Crippen LogP contribution >= 0.6 is 0 Å². The summed E-state index contributed by atoms with van der Waals surface area (Å²) in [6.07, 6.45) is 0.271. The van der Waals surface area contributed by atoms with E-state index in [0.717, 1.165) is 12.1 Å². The zero-order valence-electron chi connectivity index (χ0n) is 12.2. The Kier molecular flexibility index (Phi) is 4.30. The van der Waals surface area contributed by atoms with E-state index in [1.165, 1.54) is 0 Å². The molecule has 2 atom stereocenters. The number of benzene rings is 1. The highest BCUT2D eigenvalue weighted by Crippen LogP contribution is 2.30. The van der Waals surface area contributed by atoms with Gasteiger partial charge >= 0.3 is 5.97 Å². The number of carboxylic acids is 1. The first-order valence-corrected chi connectivity index (χ1v) is 6.82. The molecule has 0 aromatic heterocycles. The molecule has 1 aromatic rings. The second-order valence-electron chi connectivity index (χ2n) is 5.78. The maximum Gasteiger partial charge on any atom is 0.337 e. The first-order chi connectivity index (χ1) is 9.38. The van der Waals surface area contributed by atoms with Gasteiger partial charge in [0.1, 0.15) is 0 Å². The van der Waals surface area contributed by atoms with Crippen LogP contribution in [0.15, 0.2) is 18.2 Å². The molecule has 110 valence electrons. The fourth-order valence-corrected chi connectivity index (χ4v) is 2.84. The lowest BCUT2D eigenvalue weighted by atomic mass is 10.1. The van der Waals surface area contributed by atoms with Gasteiger partial charge in [-0.1, -0.05) is 6.07 Å². The molecule has 0 amide bonds. The van der Waals surface area contributed by atoms with Gasteiger partial charge in [-0.15, -0.1) is 0 Å². The van der Waals surface area contributed by atoms with Crippen molar-refractivity contribution in [3.63, 3.8) is 0 Å². The molecular weight excluding hydrogens is 256 g/mol. The normalized spacial score (nSPS) is 22.6. The molecule has 0 bridgehead atoms. The number of anilines is 1. The summed E-state index contributed by atoms with van der Waals surface area (Å²) in [6.45, 7) is 3.23. The van der Waals surface area contributed by atoms with E-state index in [2.05, 4.69) is 4.90 Å². The first-order valence-electron chi connectivity index (χ1n) is 6.82. The molecule has 5 nitrogen and oxygen atoms in total. The van der Waals surface area contributed by atoms with E-state index < -0.39 is 12.1 Å². The molecule has 0 spiro atoms. The van der Waals surface area contributed by atoms with E-state index in [1.54, 1.807) is 12.1 Å². The lowest BCUT2D eigenvalue weighted by Gasteiger charge is -2.30. The standard InChI is InChI=1S/C15H22N2O3/c1-10-4-5-13(15(19)20)14(6-10)17-9-12(18)7-11(17)8-16(2)3/h4-6,11-12,18H,7-9H2,1-3H3,(H,19,20). The van der Waals surface area contributed by atoms with Crippen LogP contribution in [-0.4, -0.2) is 60.4 Å². The Balaban J connectivity index is 2.37. The molecule has 0 aliphatic carbocycles. The van der Waals surface area contributed by atoms with E-state index >= 15 is 0 Å². The molecule has 1 aliphatic heterocycles. The van der Waals surface area contributed by atoms with Gasteiger partial charge in [-0.2, -0.15) is 0 Å². The SMILES string of the molecule is Cc1ccc(C(=O)O)c(N2CC(O)CC2CN(C)C)c1. The first kappa shape index (κ1) is 14.8. The van der Waals surface area contributed by atoms with E-state index in [1.807, 2.05) is 32.0 Å². The Bertz CT molecular complexity index is 502. The smallest absolute Gasteiger partial charge is 0.337 e. The molecule has 2 unspecified atom stereocenters. The highest BCUT2D eigenvalue weighted by molar-refractivity contribution is 5.94. The summed E-state index contributed by atoms with van der Waals surface area (Å²) in [4.78, 5) is 15.5. The number of carbonyl (C=O) groups is 1. The highest BCUT2D eigenvalue weighted by atomic mass is 16.4. The molecule has 0 saturated carbocycles. The second kappa shape index (κ2) is 5.81. The lowest BCUT2D eigenvalue weighted by Crippen LogP contribution is -2.38.